The van der Waals surface area contributed by atoms with E-state index in [-0.39, 0.29) is 10.6 Å². The number of nitro benzene ring substituents is 1. The van der Waals surface area contributed by atoms with Gasteiger partial charge in [0.25, 0.3) is 5.69 Å². The van der Waals surface area contributed by atoms with Crippen molar-refractivity contribution in [2.75, 3.05) is 13.1 Å². The predicted molar refractivity (Wildman–Crippen MR) is 87.7 cm³/mol. The number of benzene rings is 1. The predicted octanol–water partition coefficient (Wildman–Crippen LogP) is 4.50. The highest BCUT2D eigenvalue weighted by Gasteiger charge is 2.11. The van der Waals surface area contributed by atoms with Crippen LogP contribution >= 0.6 is 0 Å². The molecule has 0 aliphatic carbocycles. The largest absolute Gasteiger partial charge is 0.317 e. The number of rotatable bonds is 10. The van der Waals surface area contributed by atoms with Crippen LogP contribution in [0.15, 0.2) is 24.3 Å². The van der Waals surface area contributed by atoms with Crippen molar-refractivity contribution >= 4 is 5.69 Å². The van der Waals surface area contributed by atoms with E-state index in [0.717, 1.165) is 38.3 Å². The summed E-state index contributed by atoms with van der Waals surface area (Å²) in [6.07, 6.45) is 4.57. The zero-order chi connectivity index (χ0) is 15.7. The Hall–Kier alpha value is -1.42. The van der Waals surface area contributed by atoms with Gasteiger partial charge in [-0.25, -0.2) is 0 Å². The van der Waals surface area contributed by atoms with Gasteiger partial charge in [0.05, 0.1) is 4.92 Å². The quantitative estimate of drug-likeness (QED) is 0.392. The Labute approximate surface area is 128 Å². The second-order valence-corrected chi connectivity index (χ2v) is 6.03. The maximum atomic E-state index is 10.7. The maximum Gasteiger partial charge on any atom is 0.269 e. The average molecular weight is 292 g/mol. The lowest BCUT2D eigenvalue weighted by molar-refractivity contribution is -0.384. The number of nitrogens with one attached hydrogen (secondary N) is 1. The molecule has 4 nitrogen and oxygen atoms in total. The van der Waals surface area contributed by atoms with Gasteiger partial charge in [-0.05, 0) is 56.2 Å². The molecular formula is C17H28N2O2. The van der Waals surface area contributed by atoms with Crippen LogP contribution in [0.2, 0.25) is 0 Å². The monoisotopic (exact) mass is 292 g/mol. The first-order chi connectivity index (χ1) is 10.0. The van der Waals surface area contributed by atoms with Gasteiger partial charge in [0.1, 0.15) is 0 Å². The molecular weight excluding hydrogens is 264 g/mol. The van der Waals surface area contributed by atoms with E-state index in [1.807, 2.05) is 12.1 Å². The third-order valence-electron chi connectivity index (χ3n) is 3.87. The molecule has 0 aliphatic rings. The lowest BCUT2D eigenvalue weighted by Crippen LogP contribution is -2.18. The lowest BCUT2D eigenvalue weighted by Gasteiger charge is -2.15. The summed E-state index contributed by atoms with van der Waals surface area (Å²) in [7, 11) is 0. The number of hydrogen-bond acceptors (Lipinski definition) is 3. The van der Waals surface area contributed by atoms with Crippen LogP contribution in [0.4, 0.5) is 5.69 Å². The lowest BCUT2D eigenvalue weighted by atomic mass is 9.92. The molecule has 1 unspecified atom stereocenters. The topological polar surface area (TPSA) is 55.2 Å². The third-order valence-corrected chi connectivity index (χ3v) is 3.87. The van der Waals surface area contributed by atoms with Crippen molar-refractivity contribution in [3.63, 3.8) is 0 Å². The fraction of sp³-hybridized carbons (Fsp3) is 0.647. The molecule has 118 valence electrons. The number of non-ortho nitro benzene ring substituents is 1. The zero-order valence-corrected chi connectivity index (χ0v) is 13.5. The van der Waals surface area contributed by atoms with E-state index in [4.69, 9.17) is 0 Å². The Morgan fingerprint density at radius 2 is 1.81 bits per heavy atom. The molecule has 0 heterocycles. The summed E-state index contributed by atoms with van der Waals surface area (Å²) in [6, 6.07) is 7.02. The van der Waals surface area contributed by atoms with Crippen LogP contribution in [0.3, 0.4) is 0 Å². The van der Waals surface area contributed by atoms with Crippen molar-refractivity contribution in [1.29, 1.82) is 0 Å². The highest BCUT2D eigenvalue weighted by molar-refractivity contribution is 5.34. The van der Waals surface area contributed by atoms with E-state index in [0.29, 0.717) is 5.92 Å². The summed E-state index contributed by atoms with van der Waals surface area (Å²) in [5.74, 6) is 1.25. The van der Waals surface area contributed by atoms with Gasteiger partial charge in [-0.15, -0.1) is 0 Å². The minimum Gasteiger partial charge on any atom is -0.317 e. The Balaban J connectivity index is 2.35. The Morgan fingerprint density at radius 3 is 2.33 bits per heavy atom. The molecule has 1 atom stereocenters. The third kappa shape index (κ3) is 6.71. The van der Waals surface area contributed by atoms with Crippen molar-refractivity contribution in [1.82, 2.24) is 5.32 Å². The Morgan fingerprint density at radius 1 is 1.14 bits per heavy atom. The molecule has 4 heteroatoms. The van der Waals surface area contributed by atoms with Crippen LogP contribution in [-0.4, -0.2) is 18.0 Å². The molecule has 1 aromatic carbocycles. The molecule has 1 rings (SSSR count). The first kappa shape index (κ1) is 17.6. The first-order valence-corrected chi connectivity index (χ1v) is 7.99. The van der Waals surface area contributed by atoms with E-state index in [1.165, 1.54) is 12.0 Å². The van der Waals surface area contributed by atoms with Gasteiger partial charge in [-0.3, -0.25) is 10.1 Å². The normalized spacial score (nSPS) is 12.6. The van der Waals surface area contributed by atoms with E-state index in [1.54, 1.807) is 12.1 Å². The molecule has 0 spiro atoms. The van der Waals surface area contributed by atoms with Crippen molar-refractivity contribution < 1.29 is 4.92 Å². The number of nitro groups is 1. The van der Waals surface area contributed by atoms with Crippen molar-refractivity contribution in [3.05, 3.63) is 39.9 Å². The summed E-state index contributed by atoms with van der Waals surface area (Å²) in [5.41, 5.74) is 1.38. The second kappa shape index (κ2) is 9.50. The summed E-state index contributed by atoms with van der Waals surface area (Å²) in [5, 5.41) is 14.2. The molecule has 0 saturated heterocycles. The summed E-state index contributed by atoms with van der Waals surface area (Å²) in [6.45, 7) is 8.80. The van der Waals surface area contributed by atoms with Gasteiger partial charge < -0.3 is 5.32 Å². The van der Waals surface area contributed by atoms with Gasteiger partial charge >= 0.3 is 0 Å². The van der Waals surface area contributed by atoms with E-state index < -0.39 is 0 Å². The van der Waals surface area contributed by atoms with Crippen molar-refractivity contribution in [3.8, 4) is 0 Å². The van der Waals surface area contributed by atoms with Crippen LogP contribution < -0.4 is 5.32 Å². The molecule has 0 saturated carbocycles. The molecule has 0 amide bonds. The van der Waals surface area contributed by atoms with Gasteiger partial charge in [-0.2, -0.15) is 0 Å². The molecule has 0 bridgehead atoms. The van der Waals surface area contributed by atoms with Gasteiger partial charge in [-0.1, -0.05) is 32.9 Å². The van der Waals surface area contributed by atoms with E-state index >= 15 is 0 Å². The molecule has 1 N–H and O–H groups in total. The van der Waals surface area contributed by atoms with Gasteiger partial charge in [0, 0.05) is 12.1 Å². The average Bonchev–Trinajstić information content (AvgIpc) is 2.46. The maximum absolute atomic E-state index is 10.7. The molecule has 0 radical (unpaired) electrons. The minimum atomic E-state index is -0.344. The summed E-state index contributed by atoms with van der Waals surface area (Å²) < 4.78 is 0. The van der Waals surface area contributed by atoms with Crippen LogP contribution in [0.25, 0.3) is 0 Å². The van der Waals surface area contributed by atoms with Gasteiger partial charge in [0.2, 0.25) is 0 Å². The fourth-order valence-electron chi connectivity index (χ4n) is 2.46. The van der Waals surface area contributed by atoms with Crippen LogP contribution in [0.5, 0.6) is 0 Å². The van der Waals surface area contributed by atoms with Crippen molar-refractivity contribution in [2.24, 2.45) is 5.92 Å². The molecule has 0 fully saturated rings. The molecule has 1 aromatic rings. The highest BCUT2D eigenvalue weighted by atomic mass is 16.6. The van der Waals surface area contributed by atoms with Gasteiger partial charge in [0.15, 0.2) is 0 Å². The number of hydrogen-bond donors (Lipinski definition) is 1. The van der Waals surface area contributed by atoms with Crippen LogP contribution in [0.1, 0.15) is 57.9 Å². The molecule has 0 aromatic heterocycles. The van der Waals surface area contributed by atoms with Crippen LogP contribution in [0, 0.1) is 16.0 Å². The molecule has 21 heavy (non-hydrogen) atoms. The summed E-state index contributed by atoms with van der Waals surface area (Å²) >= 11 is 0. The minimum absolute atomic E-state index is 0.170. The Kier molecular flexibility index (Phi) is 7.98. The van der Waals surface area contributed by atoms with E-state index in [9.17, 15) is 10.1 Å². The van der Waals surface area contributed by atoms with Crippen molar-refractivity contribution in [2.45, 2.75) is 52.4 Å². The number of nitrogens with zero attached hydrogens (tertiary/aromatic N) is 1. The summed E-state index contributed by atoms with van der Waals surface area (Å²) in [4.78, 5) is 10.3. The fourth-order valence-corrected chi connectivity index (χ4v) is 2.46. The SMILES string of the molecule is CCC(CCCNCCC(C)C)c1ccc([N+](=O)[O-])cc1. The second-order valence-electron chi connectivity index (χ2n) is 6.03. The zero-order valence-electron chi connectivity index (χ0n) is 13.5. The Bertz CT molecular complexity index is 415. The first-order valence-electron chi connectivity index (χ1n) is 7.99. The standard InChI is InChI=1S/C17H28N2O2/c1-4-15(6-5-12-18-13-11-14(2)3)16-7-9-17(10-8-16)19(20)21/h7-10,14-15,18H,4-6,11-13H2,1-3H3. The molecule has 0 aliphatic heterocycles. The van der Waals surface area contributed by atoms with Crippen LogP contribution in [-0.2, 0) is 0 Å². The van der Waals surface area contributed by atoms with E-state index in [2.05, 4.69) is 26.1 Å². The smallest absolute Gasteiger partial charge is 0.269 e. The highest BCUT2D eigenvalue weighted by Crippen LogP contribution is 2.26.